The highest BCUT2D eigenvalue weighted by atomic mass is 35.5. The Bertz CT molecular complexity index is 380. The van der Waals surface area contributed by atoms with Gasteiger partial charge in [-0.25, -0.2) is 13.2 Å². The lowest BCUT2D eigenvalue weighted by molar-refractivity contribution is 0.487. The molecule has 0 fully saturated rings. The van der Waals surface area contributed by atoms with Crippen LogP contribution in [0.2, 0.25) is 0 Å². The van der Waals surface area contributed by atoms with E-state index in [-0.39, 0.29) is 5.56 Å². The molecule has 0 heterocycles. The Labute approximate surface area is 111 Å². The van der Waals surface area contributed by atoms with Crippen LogP contribution in [0.5, 0.6) is 0 Å². The summed E-state index contributed by atoms with van der Waals surface area (Å²) in [6.07, 6.45) is 5.93. The highest BCUT2D eigenvalue weighted by molar-refractivity contribution is 6.20. The van der Waals surface area contributed by atoms with Crippen LogP contribution in [0.25, 0.3) is 0 Å². The van der Waals surface area contributed by atoms with Gasteiger partial charge < -0.3 is 0 Å². The van der Waals surface area contributed by atoms with Gasteiger partial charge in [0.2, 0.25) is 0 Å². The van der Waals surface area contributed by atoms with Gasteiger partial charge >= 0.3 is 0 Å². The Morgan fingerprint density at radius 3 is 2.22 bits per heavy atom. The van der Waals surface area contributed by atoms with Gasteiger partial charge in [0.15, 0.2) is 11.6 Å². The molecule has 0 radical (unpaired) electrons. The maximum absolute atomic E-state index is 13.4. The van der Waals surface area contributed by atoms with Crippen molar-refractivity contribution in [3.63, 3.8) is 0 Å². The Morgan fingerprint density at radius 2 is 1.56 bits per heavy atom. The van der Waals surface area contributed by atoms with Crippen LogP contribution in [0, 0.1) is 17.5 Å². The zero-order valence-corrected chi connectivity index (χ0v) is 11.2. The summed E-state index contributed by atoms with van der Waals surface area (Å²) in [5, 5.41) is -0.596. The van der Waals surface area contributed by atoms with E-state index in [0.717, 1.165) is 31.7 Å². The Kier molecular flexibility index (Phi) is 6.55. The van der Waals surface area contributed by atoms with Gasteiger partial charge in [0.05, 0.1) is 5.38 Å². The molecule has 0 amide bonds. The summed E-state index contributed by atoms with van der Waals surface area (Å²) in [5.41, 5.74) is 0.0473. The molecule has 0 N–H and O–H groups in total. The van der Waals surface area contributed by atoms with Crippen LogP contribution in [0.4, 0.5) is 13.2 Å². The molecule has 1 unspecified atom stereocenters. The molecule has 1 rings (SSSR count). The van der Waals surface area contributed by atoms with Crippen molar-refractivity contribution in [2.24, 2.45) is 0 Å². The molecule has 102 valence electrons. The van der Waals surface area contributed by atoms with Gasteiger partial charge in [-0.05, 0) is 12.5 Å². The fourth-order valence-electron chi connectivity index (χ4n) is 1.86. The third-order valence-corrected chi connectivity index (χ3v) is 3.39. The van der Waals surface area contributed by atoms with Gasteiger partial charge in [-0.1, -0.05) is 39.0 Å². The third-order valence-electron chi connectivity index (χ3n) is 2.94. The topological polar surface area (TPSA) is 0 Å². The Morgan fingerprint density at radius 1 is 0.944 bits per heavy atom. The van der Waals surface area contributed by atoms with Crippen molar-refractivity contribution in [3.8, 4) is 0 Å². The SMILES string of the molecule is CCCCCCCC(Cl)c1cc(F)c(F)cc1F. The van der Waals surface area contributed by atoms with Crippen molar-refractivity contribution in [2.45, 2.75) is 50.8 Å². The van der Waals surface area contributed by atoms with Crippen molar-refractivity contribution in [1.82, 2.24) is 0 Å². The van der Waals surface area contributed by atoms with Gasteiger partial charge in [0.1, 0.15) is 5.82 Å². The first kappa shape index (κ1) is 15.4. The number of unbranched alkanes of at least 4 members (excludes halogenated alkanes) is 4. The molecule has 0 aliphatic rings. The standard InChI is InChI=1S/C14H18ClF3/c1-2-3-4-5-6-7-11(15)10-8-13(17)14(18)9-12(10)16/h8-9,11H,2-7H2,1H3. The summed E-state index contributed by atoms with van der Waals surface area (Å²) in [4.78, 5) is 0. The predicted octanol–water partition coefficient (Wildman–Crippen LogP) is 5.74. The lowest BCUT2D eigenvalue weighted by atomic mass is 10.0. The van der Waals surface area contributed by atoms with Crippen molar-refractivity contribution in [1.29, 1.82) is 0 Å². The van der Waals surface area contributed by atoms with E-state index >= 15 is 0 Å². The smallest absolute Gasteiger partial charge is 0.161 e. The van der Waals surface area contributed by atoms with Gasteiger partial charge in [-0.2, -0.15) is 0 Å². The predicted molar refractivity (Wildman–Crippen MR) is 68.3 cm³/mol. The molecule has 1 atom stereocenters. The van der Waals surface area contributed by atoms with Crippen LogP contribution >= 0.6 is 11.6 Å². The van der Waals surface area contributed by atoms with Crippen molar-refractivity contribution < 1.29 is 13.2 Å². The number of benzene rings is 1. The van der Waals surface area contributed by atoms with E-state index in [0.29, 0.717) is 12.5 Å². The van der Waals surface area contributed by atoms with Crippen molar-refractivity contribution >= 4 is 11.6 Å². The summed E-state index contributed by atoms with van der Waals surface area (Å²) in [7, 11) is 0. The van der Waals surface area contributed by atoms with Crippen LogP contribution < -0.4 is 0 Å². The molecule has 18 heavy (non-hydrogen) atoms. The maximum atomic E-state index is 13.4. The number of halogens is 4. The molecule has 0 saturated heterocycles. The number of hydrogen-bond acceptors (Lipinski definition) is 0. The Hall–Kier alpha value is -0.700. The third kappa shape index (κ3) is 4.52. The minimum absolute atomic E-state index is 0.0473. The monoisotopic (exact) mass is 278 g/mol. The number of rotatable bonds is 7. The Balaban J connectivity index is 2.51. The van der Waals surface area contributed by atoms with Crippen molar-refractivity contribution in [3.05, 3.63) is 35.1 Å². The molecular formula is C14H18ClF3. The molecule has 1 aromatic carbocycles. The second-order valence-corrected chi connectivity index (χ2v) is 4.99. The molecule has 0 bridgehead atoms. The van der Waals surface area contributed by atoms with E-state index in [4.69, 9.17) is 11.6 Å². The van der Waals surface area contributed by atoms with E-state index in [1.54, 1.807) is 0 Å². The summed E-state index contributed by atoms with van der Waals surface area (Å²) >= 11 is 6.02. The van der Waals surface area contributed by atoms with E-state index in [2.05, 4.69) is 6.92 Å². The van der Waals surface area contributed by atoms with E-state index in [1.807, 2.05) is 0 Å². The molecule has 0 aliphatic heterocycles. The summed E-state index contributed by atoms with van der Waals surface area (Å²) in [5.74, 6) is -3.01. The average molecular weight is 279 g/mol. The van der Waals surface area contributed by atoms with Gasteiger partial charge in [0, 0.05) is 11.6 Å². The van der Waals surface area contributed by atoms with E-state index in [9.17, 15) is 13.2 Å². The largest absolute Gasteiger partial charge is 0.207 e. The molecule has 4 heteroatoms. The first-order valence-electron chi connectivity index (χ1n) is 6.34. The van der Waals surface area contributed by atoms with Gasteiger partial charge in [0.25, 0.3) is 0 Å². The molecule has 0 spiro atoms. The molecule has 0 aromatic heterocycles. The number of hydrogen-bond donors (Lipinski definition) is 0. The molecule has 1 aromatic rings. The quantitative estimate of drug-likeness (QED) is 0.339. The highest BCUT2D eigenvalue weighted by Gasteiger charge is 2.16. The fourth-order valence-corrected chi connectivity index (χ4v) is 2.18. The van der Waals surface area contributed by atoms with E-state index in [1.165, 1.54) is 6.42 Å². The van der Waals surface area contributed by atoms with Crippen LogP contribution in [-0.2, 0) is 0 Å². The van der Waals surface area contributed by atoms with Crippen LogP contribution in [0.3, 0.4) is 0 Å². The first-order chi connectivity index (χ1) is 8.56. The minimum Gasteiger partial charge on any atom is -0.207 e. The zero-order chi connectivity index (χ0) is 13.5. The lowest BCUT2D eigenvalue weighted by Crippen LogP contribution is -1.99. The van der Waals surface area contributed by atoms with Crippen LogP contribution in [0.15, 0.2) is 12.1 Å². The summed E-state index contributed by atoms with van der Waals surface area (Å²) in [6, 6.07) is 1.41. The zero-order valence-electron chi connectivity index (χ0n) is 10.5. The van der Waals surface area contributed by atoms with Crippen molar-refractivity contribution in [2.75, 3.05) is 0 Å². The van der Waals surface area contributed by atoms with Gasteiger partial charge in [-0.3, -0.25) is 0 Å². The van der Waals surface area contributed by atoms with Crippen LogP contribution in [0.1, 0.15) is 56.4 Å². The highest BCUT2D eigenvalue weighted by Crippen LogP contribution is 2.30. The normalized spacial score (nSPS) is 12.7. The molecule has 0 saturated carbocycles. The van der Waals surface area contributed by atoms with Gasteiger partial charge in [-0.15, -0.1) is 11.6 Å². The molecule has 0 nitrogen and oxygen atoms in total. The number of alkyl halides is 1. The lowest BCUT2D eigenvalue weighted by Gasteiger charge is -2.11. The minimum atomic E-state index is -1.18. The average Bonchev–Trinajstić information content (AvgIpc) is 2.33. The maximum Gasteiger partial charge on any atom is 0.161 e. The second-order valence-electron chi connectivity index (χ2n) is 4.46. The molecule has 0 aliphatic carbocycles. The van der Waals surface area contributed by atoms with Crippen LogP contribution in [-0.4, -0.2) is 0 Å². The first-order valence-corrected chi connectivity index (χ1v) is 6.78. The fraction of sp³-hybridized carbons (Fsp3) is 0.571. The summed E-state index contributed by atoms with van der Waals surface area (Å²) in [6.45, 7) is 2.13. The second kappa shape index (κ2) is 7.67. The summed E-state index contributed by atoms with van der Waals surface area (Å²) < 4.78 is 39.2. The van der Waals surface area contributed by atoms with E-state index < -0.39 is 22.8 Å². The molecular weight excluding hydrogens is 261 g/mol.